The number of ether oxygens (including phenoxy) is 1. The fourth-order valence-electron chi connectivity index (χ4n) is 8.91. The molecule has 3 aliphatic rings. The molecule has 1 aliphatic carbocycles. The van der Waals surface area contributed by atoms with Crippen molar-refractivity contribution in [3.8, 4) is 33.8 Å². The van der Waals surface area contributed by atoms with Gasteiger partial charge in [-0.05, 0) is 56.3 Å². The molecule has 4 nitrogen and oxygen atoms in total. The zero-order valence-electron chi connectivity index (χ0n) is 29.3. The monoisotopic (exact) mass is 691 g/mol. The molecule has 11 rings (SSSR count). The molecule has 8 aromatic carbocycles. The molecule has 0 radical (unpaired) electrons. The van der Waals surface area contributed by atoms with Crippen LogP contribution in [-0.2, 0) is 5.41 Å². The second-order valence-electron chi connectivity index (χ2n) is 14.1. The third-order valence-electron chi connectivity index (χ3n) is 11.2. The zero-order chi connectivity index (χ0) is 35.6. The van der Waals surface area contributed by atoms with Crippen molar-refractivity contribution >= 4 is 22.4 Å². The number of para-hydroxylation sites is 1. The Morgan fingerprint density at radius 1 is 0.444 bits per heavy atom. The highest BCUT2D eigenvalue weighted by Crippen LogP contribution is 2.62. The van der Waals surface area contributed by atoms with E-state index in [-0.39, 0.29) is 6.17 Å². The molecule has 2 heterocycles. The van der Waals surface area contributed by atoms with E-state index in [0.717, 1.165) is 50.5 Å². The standard InChI is InChI=1S/C50H33N3O/c1-3-15-32(16-4-1)35-28-29-40(37-20-8-7-19-36(35)37)49-52-47(33-17-5-2-6-18-33)51-48(53-49)34-27-30-44-46(31-34)54-45-26-14-13-25-43(45)50(44)41-23-11-9-21-38(41)39-22-10-12-24-42(39)50/h1-31,49H,(H,51,52,53). The van der Waals surface area contributed by atoms with Crippen LogP contribution < -0.4 is 10.1 Å². The molecule has 254 valence electrons. The van der Waals surface area contributed by atoms with E-state index in [1.165, 1.54) is 38.8 Å². The average molecular weight is 692 g/mol. The second-order valence-corrected chi connectivity index (χ2v) is 14.1. The highest BCUT2D eigenvalue weighted by Gasteiger charge is 2.51. The van der Waals surface area contributed by atoms with Crippen molar-refractivity contribution in [3.05, 3.63) is 227 Å². The number of nitrogens with one attached hydrogen (secondary N) is 1. The molecule has 0 bridgehead atoms. The van der Waals surface area contributed by atoms with Gasteiger partial charge in [-0.25, -0.2) is 9.98 Å². The van der Waals surface area contributed by atoms with Crippen LogP contribution in [0.5, 0.6) is 11.5 Å². The summed E-state index contributed by atoms with van der Waals surface area (Å²) in [6.45, 7) is 0. The maximum absolute atomic E-state index is 6.84. The van der Waals surface area contributed by atoms with Crippen molar-refractivity contribution in [2.45, 2.75) is 11.6 Å². The van der Waals surface area contributed by atoms with E-state index in [2.05, 4.69) is 175 Å². The van der Waals surface area contributed by atoms with Crippen LogP contribution in [0.3, 0.4) is 0 Å². The number of fused-ring (bicyclic) bond motifs is 10. The maximum atomic E-state index is 6.84. The van der Waals surface area contributed by atoms with E-state index in [1.54, 1.807) is 0 Å². The summed E-state index contributed by atoms with van der Waals surface area (Å²) in [4.78, 5) is 10.6. The van der Waals surface area contributed by atoms with Crippen molar-refractivity contribution < 1.29 is 4.74 Å². The van der Waals surface area contributed by atoms with E-state index < -0.39 is 5.41 Å². The van der Waals surface area contributed by atoms with Crippen molar-refractivity contribution in [2.75, 3.05) is 0 Å². The largest absolute Gasteiger partial charge is 0.457 e. The Morgan fingerprint density at radius 2 is 1.04 bits per heavy atom. The van der Waals surface area contributed by atoms with Gasteiger partial charge in [0.25, 0.3) is 0 Å². The van der Waals surface area contributed by atoms with Gasteiger partial charge in [-0.2, -0.15) is 0 Å². The number of rotatable bonds is 4. The minimum absolute atomic E-state index is 0.375. The molecule has 1 spiro atoms. The van der Waals surface area contributed by atoms with Crippen LogP contribution in [0, 0.1) is 0 Å². The first-order valence-electron chi connectivity index (χ1n) is 18.4. The first-order chi connectivity index (χ1) is 26.8. The highest BCUT2D eigenvalue weighted by atomic mass is 16.5. The lowest BCUT2D eigenvalue weighted by Gasteiger charge is -2.39. The van der Waals surface area contributed by atoms with Gasteiger partial charge in [-0.1, -0.05) is 176 Å². The summed E-state index contributed by atoms with van der Waals surface area (Å²) in [7, 11) is 0. The van der Waals surface area contributed by atoms with Crippen LogP contribution in [0.1, 0.15) is 45.1 Å². The molecular weight excluding hydrogens is 659 g/mol. The lowest BCUT2D eigenvalue weighted by molar-refractivity contribution is 0.436. The third-order valence-corrected chi connectivity index (χ3v) is 11.2. The van der Waals surface area contributed by atoms with Gasteiger partial charge in [0, 0.05) is 27.8 Å². The highest BCUT2D eigenvalue weighted by molar-refractivity contribution is 6.13. The smallest absolute Gasteiger partial charge is 0.159 e. The van der Waals surface area contributed by atoms with Crippen LogP contribution in [0.25, 0.3) is 33.0 Å². The maximum Gasteiger partial charge on any atom is 0.159 e. The minimum atomic E-state index is -0.522. The predicted octanol–water partition coefficient (Wildman–Crippen LogP) is 11.5. The molecule has 1 N–H and O–H groups in total. The normalized spacial score (nSPS) is 15.9. The van der Waals surface area contributed by atoms with Crippen molar-refractivity contribution in [2.24, 2.45) is 9.98 Å². The lowest BCUT2D eigenvalue weighted by atomic mass is 9.66. The molecule has 8 aromatic rings. The van der Waals surface area contributed by atoms with Crippen LogP contribution >= 0.6 is 0 Å². The summed E-state index contributed by atoms with van der Waals surface area (Å²) >= 11 is 0. The lowest BCUT2D eigenvalue weighted by Crippen LogP contribution is -2.34. The zero-order valence-corrected chi connectivity index (χ0v) is 29.3. The number of aliphatic imine (C=N–C) groups is 2. The van der Waals surface area contributed by atoms with Gasteiger partial charge in [0.2, 0.25) is 0 Å². The molecule has 0 saturated heterocycles. The third kappa shape index (κ3) is 4.50. The Bertz CT molecular complexity index is 2790. The summed E-state index contributed by atoms with van der Waals surface area (Å²) in [6, 6.07) is 66.6. The van der Waals surface area contributed by atoms with Crippen LogP contribution in [0.15, 0.2) is 198 Å². The first kappa shape index (κ1) is 30.6. The number of benzene rings is 8. The van der Waals surface area contributed by atoms with Gasteiger partial charge in [-0.3, -0.25) is 0 Å². The fraction of sp³-hybridized carbons (Fsp3) is 0.0400. The molecule has 1 atom stereocenters. The second kappa shape index (κ2) is 12.0. The predicted molar refractivity (Wildman–Crippen MR) is 219 cm³/mol. The first-order valence-corrected chi connectivity index (χ1v) is 18.4. The van der Waals surface area contributed by atoms with E-state index >= 15 is 0 Å². The van der Waals surface area contributed by atoms with Crippen LogP contribution in [-0.4, -0.2) is 11.7 Å². The van der Waals surface area contributed by atoms with Gasteiger partial charge >= 0.3 is 0 Å². The van der Waals surface area contributed by atoms with Gasteiger partial charge in [0.15, 0.2) is 5.84 Å². The van der Waals surface area contributed by atoms with Crippen molar-refractivity contribution in [3.63, 3.8) is 0 Å². The molecule has 54 heavy (non-hydrogen) atoms. The Kier molecular flexibility index (Phi) is 6.80. The molecule has 0 saturated carbocycles. The molecule has 0 fully saturated rings. The minimum Gasteiger partial charge on any atom is -0.457 e. The summed E-state index contributed by atoms with van der Waals surface area (Å²) < 4.78 is 6.84. The van der Waals surface area contributed by atoms with E-state index in [0.29, 0.717) is 5.84 Å². The van der Waals surface area contributed by atoms with Gasteiger partial charge < -0.3 is 10.1 Å². The number of amidine groups is 2. The summed E-state index contributed by atoms with van der Waals surface area (Å²) in [5, 5.41) is 6.04. The summed E-state index contributed by atoms with van der Waals surface area (Å²) in [5.41, 5.74) is 12.2. The molecule has 2 aliphatic heterocycles. The summed E-state index contributed by atoms with van der Waals surface area (Å²) in [5.74, 6) is 3.10. The van der Waals surface area contributed by atoms with Gasteiger partial charge in [0.1, 0.15) is 23.5 Å². The van der Waals surface area contributed by atoms with E-state index in [4.69, 9.17) is 14.7 Å². The van der Waals surface area contributed by atoms with Crippen molar-refractivity contribution in [1.82, 2.24) is 5.32 Å². The molecule has 4 heteroatoms. The van der Waals surface area contributed by atoms with Gasteiger partial charge in [-0.15, -0.1) is 0 Å². The number of nitrogens with zero attached hydrogens (tertiary/aromatic N) is 2. The Morgan fingerprint density at radius 3 is 1.78 bits per heavy atom. The number of hydrogen-bond acceptors (Lipinski definition) is 4. The SMILES string of the molecule is c1ccc(C2=NC(c3ccc4c(c3)Oc3ccccc3C43c4ccccc4-c4ccccc43)=NC(c3ccc(-c4ccccc4)c4ccccc34)N2)cc1. The van der Waals surface area contributed by atoms with E-state index in [1.807, 2.05) is 18.2 Å². The van der Waals surface area contributed by atoms with Crippen molar-refractivity contribution in [1.29, 1.82) is 0 Å². The van der Waals surface area contributed by atoms with Gasteiger partial charge in [0.05, 0.1) is 5.41 Å². The Labute approximate surface area is 313 Å². The Hall–Kier alpha value is -7.04. The average Bonchev–Trinajstić information content (AvgIpc) is 3.54. The fourth-order valence-corrected chi connectivity index (χ4v) is 8.91. The number of hydrogen-bond donors (Lipinski definition) is 1. The molecule has 1 unspecified atom stereocenters. The topological polar surface area (TPSA) is 46.0 Å². The van der Waals surface area contributed by atoms with Crippen LogP contribution in [0.4, 0.5) is 0 Å². The molecule has 0 amide bonds. The Balaban J connectivity index is 1.10. The summed E-state index contributed by atoms with van der Waals surface area (Å²) in [6.07, 6.45) is -0.375. The van der Waals surface area contributed by atoms with E-state index in [9.17, 15) is 0 Å². The molecule has 0 aromatic heterocycles. The molecular formula is C50H33N3O. The quantitative estimate of drug-likeness (QED) is 0.200. The van der Waals surface area contributed by atoms with Crippen LogP contribution in [0.2, 0.25) is 0 Å².